The first kappa shape index (κ1) is 14.0. The topological polar surface area (TPSA) is 24.9 Å². The van der Waals surface area contributed by atoms with Crippen molar-refractivity contribution < 1.29 is 4.39 Å². The highest BCUT2D eigenvalue weighted by Crippen LogP contribution is 2.23. The summed E-state index contributed by atoms with van der Waals surface area (Å²) in [6, 6.07) is 15.1. The van der Waals surface area contributed by atoms with Crippen molar-refractivity contribution in [3.05, 3.63) is 70.1 Å². The molecule has 4 heteroatoms. The number of benzene rings is 2. The SMILES string of the molecule is Cc1ccc2cccc(NCc3ccc(Br)cc3F)c2n1. The molecule has 106 valence electrons. The van der Waals surface area contributed by atoms with Crippen LogP contribution in [0.3, 0.4) is 0 Å². The highest BCUT2D eigenvalue weighted by atomic mass is 79.9. The second-order valence-electron chi connectivity index (χ2n) is 4.92. The molecule has 0 radical (unpaired) electrons. The van der Waals surface area contributed by atoms with Gasteiger partial charge in [0.25, 0.3) is 0 Å². The highest BCUT2D eigenvalue weighted by Gasteiger charge is 2.05. The van der Waals surface area contributed by atoms with E-state index in [0.717, 1.165) is 26.8 Å². The fraction of sp³-hybridized carbons (Fsp3) is 0.118. The van der Waals surface area contributed by atoms with E-state index in [1.807, 2.05) is 43.3 Å². The lowest BCUT2D eigenvalue weighted by atomic mass is 10.1. The highest BCUT2D eigenvalue weighted by molar-refractivity contribution is 9.10. The molecule has 0 saturated carbocycles. The van der Waals surface area contributed by atoms with Gasteiger partial charge in [-0.2, -0.15) is 0 Å². The van der Waals surface area contributed by atoms with Gasteiger partial charge in [0.1, 0.15) is 5.82 Å². The summed E-state index contributed by atoms with van der Waals surface area (Å²) in [6.45, 7) is 2.39. The molecular weight excluding hydrogens is 331 g/mol. The normalized spacial score (nSPS) is 10.8. The molecule has 0 amide bonds. The van der Waals surface area contributed by atoms with Gasteiger partial charge in [0, 0.05) is 27.7 Å². The summed E-state index contributed by atoms with van der Waals surface area (Å²) in [5.74, 6) is -0.221. The number of halogens is 2. The predicted octanol–water partition coefficient (Wildman–Crippen LogP) is 5.06. The van der Waals surface area contributed by atoms with E-state index in [9.17, 15) is 4.39 Å². The van der Waals surface area contributed by atoms with Crippen molar-refractivity contribution in [3.63, 3.8) is 0 Å². The Hall–Kier alpha value is -1.94. The summed E-state index contributed by atoms with van der Waals surface area (Å²) in [7, 11) is 0. The number of pyridine rings is 1. The first-order chi connectivity index (χ1) is 10.1. The summed E-state index contributed by atoms with van der Waals surface area (Å²) in [5.41, 5.74) is 3.42. The number of para-hydroxylation sites is 1. The van der Waals surface area contributed by atoms with E-state index >= 15 is 0 Å². The first-order valence-electron chi connectivity index (χ1n) is 6.68. The fourth-order valence-corrected chi connectivity index (χ4v) is 2.58. The smallest absolute Gasteiger partial charge is 0.129 e. The van der Waals surface area contributed by atoms with Gasteiger partial charge in [-0.05, 0) is 31.2 Å². The quantitative estimate of drug-likeness (QED) is 0.718. The second-order valence-corrected chi connectivity index (χ2v) is 5.83. The van der Waals surface area contributed by atoms with Gasteiger partial charge >= 0.3 is 0 Å². The number of hydrogen-bond donors (Lipinski definition) is 1. The zero-order chi connectivity index (χ0) is 14.8. The van der Waals surface area contributed by atoms with Gasteiger partial charge in [-0.25, -0.2) is 4.39 Å². The van der Waals surface area contributed by atoms with E-state index in [2.05, 4.69) is 26.2 Å². The Morgan fingerprint density at radius 3 is 2.81 bits per heavy atom. The maximum atomic E-state index is 13.8. The minimum Gasteiger partial charge on any atom is -0.379 e. The van der Waals surface area contributed by atoms with Crippen LogP contribution in [-0.2, 0) is 6.54 Å². The molecule has 21 heavy (non-hydrogen) atoms. The van der Waals surface area contributed by atoms with Crippen LogP contribution in [0, 0.1) is 12.7 Å². The van der Waals surface area contributed by atoms with Crippen molar-refractivity contribution in [1.29, 1.82) is 0 Å². The lowest BCUT2D eigenvalue weighted by molar-refractivity contribution is 0.612. The lowest BCUT2D eigenvalue weighted by Crippen LogP contribution is -2.03. The Kier molecular flexibility index (Phi) is 3.88. The van der Waals surface area contributed by atoms with Crippen LogP contribution in [0.5, 0.6) is 0 Å². The molecule has 2 nitrogen and oxygen atoms in total. The third-order valence-electron chi connectivity index (χ3n) is 3.34. The third kappa shape index (κ3) is 3.05. The monoisotopic (exact) mass is 344 g/mol. The second kappa shape index (κ2) is 5.82. The molecule has 3 aromatic rings. The molecule has 0 spiro atoms. The molecule has 3 rings (SSSR count). The molecule has 1 N–H and O–H groups in total. The molecule has 0 saturated heterocycles. The minimum atomic E-state index is -0.221. The number of nitrogens with zero attached hydrogens (tertiary/aromatic N) is 1. The van der Waals surface area contributed by atoms with Gasteiger partial charge in [0.05, 0.1) is 11.2 Å². The number of anilines is 1. The van der Waals surface area contributed by atoms with Crippen LogP contribution in [0.1, 0.15) is 11.3 Å². The van der Waals surface area contributed by atoms with Gasteiger partial charge in [-0.15, -0.1) is 0 Å². The molecule has 1 heterocycles. The Bertz CT molecular complexity index is 802. The van der Waals surface area contributed by atoms with E-state index in [1.54, 1.807) is 6.07 Å². The van der Waals surface area contributed by atoms with E-state index in [1.165, 1.54) is 6.07 Å². The Morgan fingerprint density at radius 1 is 1.14 bits per heavy atom. The van der Waals surface area contributed by atoms with Crippen LogP contribution in [-0.4, -0.2) is 4.98 Å². The summed E-state index contributed by atoms with van der Waals surface area (Å²) in [6.07, 6.45) is 0. The number of nitrogens with one attached hydrogen (secondary N) is 1. The average molecular weight is 345 g/mol. The third-order valence-corrected chi connectivity index (χ3v) is 3.84. The van der Waals surface area contributed by atoms with Crippen LogP contribution in [0.2, 0.25) is 0 Å². The van der Waals surface area contributed by atoms with Gasteiger partial charge < -0.3 is 5.32 Å². The number of aromatic nitrogens is 1. The largest absolute Gasteiger partial charge is 0.379 e. The van der Waals surface area contributed by atoms with Gasteiger partial charge in [-0.3, -0.25) is 4.98 Å². The van der Waals surface area contributed by atoms with Crippen LogP contribution >= 0.6 is 15.9 Å². The average Bonchev–Trinajstić information content (AvgIpc) is 2.46. The van der Waals surface area contributed by atoms with E-state index in [0.29, 0.717) is 12.1 Å². The molecule has 2 aromatic carbocycles. The van der Waals surface area contributed by atoms with Crippen molar-refractivity contribution in [2.45, 2.75) is 13.5 Å². The lowest BCUT2D eigenvalue weighted by Gasteiger charge is -2.10. The van der Waals surface area contributed by atoms with Crippen LogP contribution in [0.25, 0.3) is 10.9 Å². The van der Waals surface area contributed by atoms with Gasteiger partial charge in [0.15, 0.2) is 0 Å². The van der Waals surface area contributed by atoms with Crippen molar-refractivity contribution >= 4 is 32.5 Å². The molecule has 0 aliphatic rings. The molecular formula is C17H14BrFN2. The van der Waals surface area contributed by atoms with Gasteiger partial charge in [0.2, 0.25) is 0 Å². The fourth-order valence-electron chi connectivity index (χ4n) is 2.24. The van der Waals surface area contributed by atoms with Gasteiger partial charge in [-0.1, -0.05) is 40.2 Å². The zero-order valence-corrected chi connectivity index (χ0v) is 13.1. The van der Waals surface area contributed by atoms with Crippen LogP contribution in [0.15, 0.2) is 53.0 Å². The Labute approximate surface area is 131 Å². The van der Waals surface area contributed by atoms with Crippen molar-refractivity contribution in [3.8, 4) is 0 Å². The summed E-state index contributed by atoms with van der Waals surface area (Å²) in [5, 5.41) is 4.34. The minimum absolute atomic E-state index is 0.221. The summed E-state index contributed by atoms with van der Waals surface area (Å²) in [4.78, 5) is 4.56. The van der Waals surface area contributed by atoms with Crippen LogP contribution in [0.4, 0.5) is 10.1 Å². The number of hydrogen-bond acceptors (Lipinski definition) is 2. The van der Waals surface area contributed by atoms with E-state index in [-0.39, 0.29) is 5.82 Å². The number of fused-ring (bicyclic) bond motifs is 1. The van der Waals surface area contributed by atoms with E-state index in [4.69, 9.17) is 0 Å². The van der Waals surface area contributed by atoms with Crippen LogP contribution < -0.4 is 5.32 Å². The van der Waals surface area contributed by atoms with Crippen molar-refractivity contribution in [2.24, 2.45) is 0 Å². The first-order valence-corrected chi connectivity index (χ1v) is 7.47. The predicted molar refractivity (Wildman–Crippen MR) is 87.9 cm³/mol. The molecule has 0 fully saturated rings. The number of aryl methyl sites for hydroxylation is 1. The van der Waals surface area contributed by atoms with Crippen molar-refractivity contribution in [1.82, 2.24) is 4.98 Å². The molecule has 0 unspecified atom stereocenters. The van der Waals surface area contributed by atoms with E-state index < -0.39 is 0 Å². The maximum absolute atomic E-state index is 13.8. The molecule has 0 bridgehead atoms. The molecule has 0 aliphatic heterocycles. The zero-order valence-electron chi connectivity index (χ0n) is 11.5. The molecule has 0 atom stereocenters. The summed E-state index contributed by atoms with van der Waals surface area (Å²) >= 11 is 3.26. The maximum Gasteiger partial charge on any atom is 0.129 e. The molecule has 0 aliphatic carbocycles. The standard InChI is InChI=1S/C17H14BrFN2/c1-11-5-6-12-3-2-4-16(17(12)21-11)20-10-13-7-8-14(18)9-15(13)19/h2-9,20H,10H2,1H3. The number of rotatable bonds is 3. The Morgan fingerprint density at radius 2 is 2.00 bits per heavy atom. The Balaban J connectivity index is 1.90. The summed E-state index contributed by atoms with van der Waals surface area (Å²) < 4.78 is 14.6. The van der Waals surface area contributed by atoms with Crippen molar-refractivity contribution in [2.75, 3.05) is 5.32 Å². The molecule has 1 aromatic heterocycles.